The van der Waals surface area contributed by atoms with Crippen LogP contribution < -0.4 is 20.7 Å². The molecule has 3 aromatic carbocycles. The Balaban J connectivity index is 1.84. The molecule has 0 spiro atoms. The maximum atomic E-state index is 13.7. The van der Waals surface area contributed by atoms with Crippen LogP contribution in [0.2, 0.25) is 0 Å². The number of nitrogens with zero attached hydrogens (tertiary/aromatic N) is 3. The molecule has 0 saturated heterocycles. The smallest absolute Gasteiger partial charge is 0.331 e. The minimum atomic E-state index is -0.552. The Labute approximate surface area is 207 Å². The first-order valence-electron chi connectivity index (χ1n) is 11.7. The highest BCUT2D eigenvalue weighted by molar-refractivity contribution is 5.98. The molecule has 0 unspecified atom stereocenters. The fourth-order valence-electron chi connectivity index (χ4n) is 5.21. The molecule has 0 radical (unpaired) electrons. The molecule has 180 valence electrons. The van der Waals surface area contributed by atoms with Crippen LogP contribution in [0.1, 0.15) is 22.9 Å². The number of hydrogen-bond acceptors (Lipinski definition) is 4. The van der Waals surface area contributed by atoms with Crippen molar-refractivity contribution in [2.45, 2.75) is 13.0 Å². The number of benzene rings is 3. The Kier molecular flexibility index (Phi) is 4.89. The van der Waals surface area contributed by atoms with Crippen molar-refractivity contribution in [2.24, 2.45) is 14.1 Å². The highest BCUT2D eigenvalue weighted by Gasteiger charge is 2.36. The lowest BCUT2D eigenvalue weighted by Crippen LogP contribution is -2.37. The quantitative estimate of drug-likeness (QED) is 0.382. The van der Waals surface area contributed by atoms with Crippen molar-refractivity contribution in [1.29, 1.82) is 0 Å². The second-order valence-corrected chi connectivity index (χ2v) is 9.05. The van der Waals surface area contributed by atoms with E-state index in [4.69, 9.17) is 9.47 Å². The zero-order valence-electron chi connectivity index (χ0n) is 20.5. The third-order valence-electron chi connectivity index (χ3n) is 7.03. The zero-order chi connectivity index (χ0) is 25.1. The van der Waals surface area contributed by atoms with Crippen LogP contribution in [0.15, 0.2) is 82.4 Å². The summed E-state index contributed by atoms with van der Waals surface area (Å²) in [6.45, 7) is 2.03. The van der Waals surface area contributed by atoms with E-state index in [2.05, 4.69) is 4.57 Å². The number of aryl methyl sites for hydroxylation is 2. The second-order valence-electron chi connectivity index (χ2n) is 9.05. The average molecular weight is 480 g/mol. The third-order valence-corrected chi connectivity index (χ3v) is 7.03. The molecule has 0 aliphatic carbocycles. The van der Waals surface area contributed by atoms with Crippen molar-refractivity contribution in [3.8, 4) is 28.4 Å². The summed E-state index contributed by atoms with van der Waals surface area (Å²) in [5.41, 5.74) is 5.00. The maximum Gasteiger partial charge on any atom is 0.331 e. The zero-order valence-corrected chi connectivity index (χ0v) is 20.5. The Bertz CT molecular complexity index is 1770. The van der Waals surface area contributed by atoms with E-state index in [0.717, 1.165) is 39.5 Å². The van der Waals surface area contributed by atoms with E-state index >= 15 is 0 Å². The lowest BCUT2D eigenvalue weighted by Gasteiger charge is -2.30. The molecular weight excluding hydrogens is 454 g/mol. The first kappa shape index (κ1) is 22.0. The van der Waals surface area contributed by atoms with Crippen molar-refractivity contribution in [1.82, 2.24) is 13.7 Å². The third kappa shape index (κ3) is 2.99. The maximum absolute atomic E-state index is 13.7. The number of fused-ring (bicyclic) bond motifs is 5. The predicted molar refractivity (Wildman–Crippen MR) is 139 cm³/mol. The van der Waals surface area contributed by atoms with Crippen LogP contribution in [0.25, 0.3) is 27.8 Å². The van der Waals surface area contributed by atoms with Gasteiger partial charge in [-0.3, -0.25) is 13.9 Å². The molecule has 6 rings (SSSR count). The Morgan fingerprint density at radius 3 is 2.28 bits per heavy atom. The van der Waals surface area contributed by atoms with Crippen LogP contribution in [-0.2, 0) is 14.1 Å². The standard InChI is InChI=1S/C29H25N3O4/c1-17-9-5-6-10-20(17)24-23-25(30(2)29(34)31(3)28(23)33)26-27(18-13-15-19(35-4)16-14-18)36-22-12-8-7-11-21(22)32(24)26/h5-16,27H,1-4H3/t27-/m0/s1. The minimum Gasteiger partial charge on any atom is -0.497 e. The molecule has 0 fully saturated rings. The highest BCUT2D eigenvalue weighted by Crippen LogP contribution is 2.47. The molecule has 5 aromatic rings. The van der Waals surface area contributed by atoms with Crippen molar-refractivity contribution in [3.63, 3.8) is 0 Å². The normalized spacial score (nSPS) is 14.3. The van der Waals surface area contributed by atoms with Crippen LogP contribution in [-0.4, -0.2) is 20.8 Å². The van der Waals surface area contributed by atoms with E-state index in [1.165, 1.54) is 11.6 Å². The van der Waals surface area contributed by atoms with Gasteiger partial charge in [-0.1, -0.05) is 48.5 Å². The molecule has 0 N–H and O–H groups in total. The molecule has 3 heterocycles. The number of hydrogen-bond donors (Lipinski definition) is 0. The fourth-order valence-corrected chi connectivity index (χ4v) is 5.21. The van der Waals surface area contributed by atoms with E-state index in [1.54, 1.807) is 18.7 Å². The van der Waals surface area contributed by atoms with Crippen LogP contribution in [0.3, 0.4) is 0 Å². The molecule has 1 atom stereocenters. The van der Waals surface area contributed by atoms with Gasteiger partial charge in [0.15, 0.2) is 6.10 Å². The summed E-state index contributed by atoms with van der Waals surface area (Å²) in [6, 6.07) is 23.4. The van der Waals surface area contributed by atoms with E-state index < -0.39 is 6.10 Å². The predicted octanol–water partition coefficient (Wildman–Crippen LogP) is 4.49. The van der Waals surface area contributed by atoms with Crippen LogP contribution in [0.4, 0.5) is 0 Å². The van der Waals surface area contributed by atoms with Crippen molar-refractivity contribution < 1.29 is 9.47 Å². The first-order chi connectivity index (χ1) is 17.4. The van der Waals surface area contributed by atoms with Gasteiger partial charge >= 0.3 is 5.69 Å². The molecular formula is C29H25N3O4. The monoisotopic (exact) mass is 479 g/mol. The van der Waals surface area contributed by atoms with Crippen LogP contribution in [0, 0.1) is 6.92 Å². The first-order valence-corrected chi connectivity index (χ1v) is 11.7. The number of aromatic nitrogens is 3. The minimum absolute atomic E-state index is 0.334. The van der Waals surface area contributed by atoms with Crippen molar-refractivity contribution in [3.05, 3.63) is 110 Å². The average Bonchev–Trinajstić information content (AvgIpc) is 3.27. The molecule has 1 aliphatic heterocycles. The molecule has 7 heteroatoms. The van der Waals surface area contributed by atoms with E-state index in [9.17, 15) is 9.59 Å². The largest absolute Gasteiger partial charge is 0.497 e. The van der Waals surface area contributed by atoms with Crippen LogP contribution in [0.5, 0.6) is 11.5 Å². The van der Waals surface area contributed by atoms with Gasteiger partial charge in [0.05, 0.1) is 35.1 Å². The van der Waals surface area contributed by atoms with Gasteiger partial charge < -0.3 is 14.0 Å². The summed E-state index contributed by atoms with van der Waals surface area (Å²) in [7, 11) is 4.85. The SMILES string of the molecule is COc1ccc([C@@H]2Oc3ccccc3-n3c(-c4ccccc4C)c4c(=O)n(C)c(=O)n(C)c4c32)cc1. The molecule has 7 nitrogen and oxygen atoms in total. The number of rotatable bonds is 3. The van der Waals surface area contributed by atoms with Gasteiger partial charge in [-0.05, 0) is 42.3 Å². The molecule has 1 aliphatic rings. The summed E-state index contributed by atoms with van der Waals surface area (Å²) in [5, 5.41) is 0.489. The Morgan fingerprint density at radius 2 is 1.56 bits per heavy atom. The fraction of sp³-hybridized carbons (Fsp3) is 0.172. The summed E-state index contributed by atoms with van der Waals surface area (Å²) < 4.78 is 16.8. The van der Waals surface area contributed by atoms with Gasteiger partial charge in [-0.2, -0.15) is 0 Å². The molecule has 0 bridgehead atoms. The summed E-state index contributed by atoms with van der Waals surface area (Å²) in [4.78, 5) is 26.9. The number of ether oxygens (including phenoxy) is 2. The molecule has 0 saturated carbocycles. The van der Waals surface area contributed by atoms with Gasteiger partial charge in [-0.15, -0.1) is 0 Å². The Morgan fingerprint density at radius 1 is 0.861 bits per heavy atom. The lowest BCUT2D eigenvalue weighted by atomic mass is 10.0. The summed E-state index contributed by atoms with van der Waals surface area (Å²) in [6.07, 6.45) is -0.552. The molecule has 2 aromatic heterocycles. The lowest BCUT2D eigenvalue weighted by molar-refractivity contribution is 0.229. The van der Waals surface area contributed by atoms with Gasteiger partial charge in [0.1, 0.15) is 11.5 Å². The van der Waals surface area contributed by atoms with E-state index in [0.29, 0.717) is 16.7 Å². The second kappa shape index (κ2) is 8.02. The van der Waals surface area contributed by atoms with Crippen molar-refractivity contribution >= 4 is 10.9 Å². The van der Waals surface area contributed by atoms with Gasteiger partial charge in [0, 0.05) is 19.7 Å². The highest BCUT2D eigenvalue weighted by atomic mass is 16.5. The Hall–Kier alpha value is -4.52. The van der Waals surface area contributed by atoms with E-state index in [1.807, 2.05) is 79.7 Å². The van der Waals surface area contributed by atoms with E-state index in [-0.39, 0.29) is 11.2 Å². The summed E-state index contributed by atoms with van der Waals surface area (Å²) in [5.74, 6) is 1.43. The molecule has 36 heavy (non-hydrogen) atoms. The number of para-hydroxylation sites is 2. The topological polar surface area (TPSA) is 67.4 Å². The van der Waals surface area contributed by atoms with Crippen LogP contribution >= 0.6 is 0 Å². The van der Waals surface area contributed by atoms with Gasteiger partial charge in [0.25, 0.3) is 5.56 Å². The molecule has 0 amide bonds. The van der Waals surface area contributed by atoms with Gasteiger partial charge in [-0.25, -0.2) is 4.79 Å². The number of methoxy groups -OCH3 is 1. The van der Waals surface area contributed by atoms with Gasteiger partial charge in [0.2, 0.25) is 0 Å². The summed E-state index contributed by atoms with van der Waals surface area (Å²) >= 11 is 0. The van der Waals surface area contributed by atoms with Crippen molar-refractivity contribution in [2.75, 3.05) is 7.11 Å².